The van der Waals surface area contributed by atoms with Crippen molar-refractivity contribution in [3.8, 4) is 0 Å². The lowest BCUT2D eigenvalue weighted by Crippen LogP contribution is -2.46. The van der Waals surface area contributed by atoms with Crippen molar-refractivity contribution in [2.45, 2.75) is 45.4 Å². The second kappa shape index (κ2) is 8.58. The first-order valence-corrected chi connectivity index (χ1v) is 6.35. The van der Waals surface area contributed by atoms with Crippen LogP contribution in [0.25, 0.3) is 0 Å². The number of nitrogens with one attached hydrogen (secondary N) is 2. The van der Waals surface area contributed by atoms with Gasteiger partial charge in [-0.25, -0.2) is 9.59 Å². The van der Waals surface area contributed by atoms with Gasteiger partial charge in [0, 0.05) is 13.7 Å². The Morgan fingerprint density at radius 2 is 2.00 bits per heavy atom. The zero-order valence-electron chi connectivity index (χ0n) is 12.6. The van der Waals surface area contributed by atoms with Gasteiger partial charge in [0.2, 0.25) is 0 Å². The Kier molecular flexibility index (Phi) is 7.91. The molecule has 0 saturated carbocycles. The molecule has 1 amide bonds. The smallest absolute Gasteiger partial charge is 0.408 e. The zero-order valence-corrected chi connectivity index (χ0v) is 12.6. The van der Waals surface area contributed by atoms with Crippen LogP contribution < -0.4 is 10.6 Å². The predicted octanol–water partition coefficient (Wildman–Crippen LogP) is 0.212. The molecule has 0 aromatic carbocycles. The van der Waals surface area contributed by atoms with Crippen molar-refractivity contribution in [1.82, 2.24) is 10.6 Å². The quantitative estimate of drug-likeness (QED) is 0.580. The third-order valence-electron chi connectivity index (χ3n) is 2.07. The Bertz CT molecular complexity index is 356. The van der Waals surface area contributed by atoms with Crippen LogP contribution in [0.3, 0.4) is 0 Å². The molecule has 7 nitrogen and oxygen atoms in total. The minimum Gasteiger partial charge on any atom is -0.444 e. The lowest BCUT2D eigenvalue weighted by atomic mass is 10.2. The highest BCUT2D eigenvalue weighted by atomic mass is 16.6. The molecule has 0 radical (unpaired) electrons. The van der Waals surface area contributed by atoms with Crippen LogP contribution in [0, 0.1) is 0 Å². The number of hydrogen-bond donors (Lipinski definition) is 3. The van der Waals surface area contributed by atoms with Crippen LogP contribution in [0.2, 0.25) is 0 Å². The molecule has 1 unspecified atom stereocenters. The molecule has 0 rings (SSSR count). The van der Waals surface area contributed by atoms with Gasteiger partial charge >= 0.3 is 6.09 Å². The van der Waals surface area contributed by atoms with Crippen molar-refractivity contribution in [3.05, 3.63) is 5.70 Å². The fraction of sp³-hybridized carbons (Fsp3) is 0.769. The summed E-state index contributed by atoms with van der Waals surface area (Å²) in [5, 5.41) is 14.4. The first-order valence-electron chi connectivity index (χ1n) is 6.35. The van der Waals surface area contributed by atoms with E-state index in [0.717, 1.165) is 0 Å². The van der Waals surface area contributed by atoms with Crippen LogP contribution in [0.1, 0.15) is 27.7 Å². The van der Waals surface area contributed by atoms with E-state index in [-0.39, 0.29) is 18.8 Å². The first kappa shape index (κ1) is 18.4. The van der Waals surface area contributed by atoms with Gasteiger partial charge in [-0.05, 0) is 27.7 Å². The van der Waals surface area contributed by atoms with E-state index in [1.165, 1.54) is 7.11 Å². The van der Waals surface area contributed by atoms with Crippen LogP contribution in [0.4, 0.5) is 4.79 Å². The number of methoxy groups -OCH3 is 1. The average Bonchev–Trinajstić information content (AvgIpc) is 2.26. The monoisotopic (exact) mass is 288 g/mol. The fourth-order valence-corrected chi connectivity index (χ4v) is 1.30. The maximum atomic E-state index is 11.7. The summed E-state index contributed by atoms with van der Waals surface area (Å²) in [5.74, 6) is 1.70. The van der Waals surface area contributed by atoms with Crippen molar-refractivity contribution in [2.75, 3.05) is 20.3 Å². The molecule has 116 valence electrons. The molecule has 0 fully saturated rings. The number of ether oxygens (including phenoxy) is 2. The van der Waals surface area contributed by atoms with Crippen molar-refractivity contribution in [2.24, 2.45) is 0 Å². The third kappa shape index (κ3) is 8.53. The number of aliphatic hydroxyl groups is 1. The highest BCUT2D eigenvalue weighted by Crippen LogP contribution is 2.07. The van der Waals surface area contributed by atoms with Gasteiger partial charge in [-0.1, -0.05) is 0 Å². The molecule has 0 bridgehead atoms. The highest BCUT2D eigenvalue weighted by Gasteiger charge is 2.22. The number of aliphatic hydroxyl groups excluding tert-OH is 1. The van der Waals surface area contributed by atoms with Gasteiger partial charge in [0.15, 0.2) is 0 Å². The lowest BCUT2D eigenvalue weighted by Gasteiger charge is -2.24. The van der Waals surface area contributed by atoms with E-state index >= 15 is 0 Å². The number of amides is 1. The Balaban J connectivity index is 4.68. The van der Waals surface area contributed by atoms with Gasteiger partial charge < -0.3 is 25.2 Å². The largest absolute Gasteiger partial charge is 0.444 e. The molecule has 0 aliphatic rings. The zero-order chi connectivity index (χ0) is 15.8. The van der Waals surface area contributed by atoms with E-state index in [2.05, 4.69) is 10.6 Å². The standard InChI is InChI=1S/C13H24N2O5/c1-9(17)6-14-10(7-16)11(8-19-5)15-12(18)20-13(2,3)4/h9,11,14,17H,6,8H2,1-5H3,(H,15,18)/t9?,11-/m0/s1. The number of carbonyl (C=O) groups is 1. The van der Waals surface area contributed by atoms with E-state index in [0.29, 0.717) is 0 Å². The number of alkyl carbamates (subject to hydrolysis) is 1. The molecular weight excluding hydrogens is 264 g/mol. The van der Waals surface area contributed by atoms with Crippen LogP contribution >= 0.6 is 0 Å². The van der Waals surface area contributed by atoms with E-state index in [4.69, 9.17) is 9.47 Å². The summed E-state index contributed by atoms with van der Waals surface area (Å²) in [6, 6.07) is -0.717. The van der Waals surface area contributed by atoms with Gasteiger partial charge in [0.05, 0.1) is 12.7 Å². The second-order valence-corrected chi connectivity index (χ2v) is 5.40. The summed E-state index contributed by atoms with van der Waals surface area (Å²) in [5.41, 5.74) is -0.543. The molecule has 0 aromatic rings. The summed E-state index contributed by atoms with van der Waals surface area (Å²) >= 11 is 0. The van der Waals surface area contributed by atoms with Gasteiger partial charge in [-0.2, -0.15) is 0 Å². The Hall–Kier alpha value is -1.56. The molecule has 7 heteroatoms. The third-order valence-corrected chi connectivity index (χ3v) is 2.07. The van der Waals surface area contributed by atoms with Crippen LogP contribution in [0.5, 0.6) is 0 Å². The predicted molar refractivity (Wildman–Crippen MR) is 73.9 cm³/mol. The van der Waals surface area contributed by atoms with Crippen molar-refractivity contribution >= 4 is 12.0 Å². The van der Waals surface area contributed by atoms with E-state index in [9.17, 15) is 14.7 Å². The molecule has 20 heavy (non-hydrogen) atoms. The van der Waals surface area contributed by atoms with Gasteiger partial charge in [-0.3, -0.25) is 0 Å². The Morgan fingerprint density at radius 3 is 2.40 bits per heavy atom. The van der Waals surface area contributed by atoms with E-state index in [1.807, 2.05) is 0 Å². The maximum Gasteiger partial charge on any atom is 0.408 e. The fourth-order valence-electron chi connectivity index (χ4n) is 1.30. The first-order chi connectivity index (χ1) is 9.19. The summed E-state index contributed by atoms with van der Waals surface area (Å²) < 4.78 is 10.1. The summed E-state index contributed by atoms with van der Waals surface area (Å²) in [4.78, 5) is 22.6. The molecule has 0 aliphatic heterocycles. The SMILES string of the molecule is COC[C@H](NC(=O)OC(C)(C)C)C(=C=O)NCC(C)O. The maximum absolute atomic E-state index is 11.7. The van der Waals surface area contributed by atoms with E-state index < -0.39 is 23.8 Å². The molecule has 0 spiro atoms. The van der Waals surface area contributed by atoms with Crippen LogP contribution in [0.15, 0.2) is 5.70 Å². The van der Waals surface area contributed by atoms with Crippen LogP contribution in [-0.2, 0) is 14.3 Å². The van der Waals surface area contributed by atoms with Gasteiger partial charge in [-0.15, -0.1) is 0 Å². The summed E-state index contributed by atoms with van der Waals surface area (Å²) in [7, 11) is 1.45. The van der Waals surface area contributed by atoms with Crippen molar-refractivity contribution in [1.29, 1.82) is 0 Å². The van der Waals surface area contributed by atoms with E-state index in [1.54, 1.807) is 33.6 Å². The Morgan fingerprint density at radius 1 is 1.40 bits per heavy atom. The summed E-state index contributed by atoms with van der Waals surface area (Å²) in [6.45, 7) is 7.03. The molecule has 0 heterocycles. The molecule has 3 N–H and O–H groups in total. The Labute approximate surface area is 119 Å². The second-order valence-electron chi connectivity index (χ2n) is 5.40. The average molecular weight is 288 g/mol. The summed E-state index contributed by atoms with van der Waals surface area (Å²) in [6.07, 6.45) is -1.30. The minimum atomic E-state index is -0.717. The van der Waals surface area contributed by atoms with Crippen molar-refractivity contribution in [3.63, 3.8) is 0 Å². The molecule has 2 atom stereocenters. The lowest BCUT2D eigenvalue weighted by molar-refractivity contribution is 0.0481. The van der Waals surface area contributed by atoms with Crippen molar-refractivity contribution < 1.29 is 24.2 Å². The number of rotatable bonds is 7. The molecule has 0 saturated heterocycles. The normalized spacial score (nSPS) is 13.9. The number of carbonyl (C=O) groups excluding carboxylic acids is 2. The molecule has 0 aromatic heterocycles. The molecule has 0 aliphatic carbocycles. The molecular formula is C13H24N2O5. The topological polar surface area (TPSA) is 96.9 Å². The van der Waals surface area contributed by atoms with Gasteiger partial charge in [0.1, 0.15) is 23.3 Å². The number of hydrogen-bond acceptors (Lipinski definition) is 6. The minimum absolute atomic E-state index is 0.0800. The van der Waals surface area contributed by atoms with Crippen LogP contribution in [-0.4, -0.2) is 55.1 Å². The van der Waals surface area contributed by atoms with Gasteiger partial charge in [0.25, 0.3) is 0 Å². The highest BCUT2D eigenvalue weighted by molar-refractivity contribution is 5.69.